The summed E-state index contributed by atoms with van der Waals surface area (Å²) in [5.41, 5.74) is 0. The highest BCUT2D eigenvalue weighted by atomic mass is 79.9. The third-order valence-electron chi connectivity index (χ3n) is 1.61. The fraction of sp³-hybridized carbons (Fsp3) is 0.400. The van der Waals surface area contributed by atoms with E-state index in [0.717, 1.165) is 22.2 Å². The van der Waals surface area contributed by atoms with Gasteiger partial charge in [0.1, 0.15) is 0 Å². The highest BCUT2D eigenvalue weighted by molar-refractivity contribution is 9.11. The SMILES string of the molecule is Brc1cccc(Br)c1.C1CCOC1. The van der Waals surface area contributed by atoms with Crippen molar-refractivity contribution in [2.75, 3.05) is 13.2 Å². The quantitative estimate of drug-likeness (QED) is 0.704. The molecule has 1 aliphatic rings. The number of hydrogen-bond donors (Lipinski definition) is 0. The Kier molecular flexibility index (Phi) is 5.67. The van der Waals surface area contributed by atoms with Crippen LogP contribution in [0.4, 0.5) is 0 Å². The summed E-state index contributed by atoms with van der Waals surface area (Å²) in [6.07, 6.45) is 2.56. The molecule has 0 aliphatic carbocycles. The first-order valence-electron chi connectivity index (χ1n) is 4.28. The summed E-state index contributed by atoms with van der Waals surface area (Å²) in [5, 5.41) is 0. The number of benzene rings is 1. The summed E-state index contributed by atoms with van der Waals surface area (Å²) in [5.74, 6) is 0. The molecule has 1 saturated heterocycles. The second-order valence-corrected chi connectivity index (χ2v) is 4.59. The Bertz CT molecular complexity index is 222. The van der Waals surface area contributed by atoms with E-state index < -0.39 is 0 Å². The lowest BCUT2D eigenvalue weighted by molar-refractivity contribution is 0.198. The van der Waals surface area contributed by atoms with Gasteiger partial charge < -0.3 is 4.74 Å². The van der Waals surface area contributed by atoms with E-state index in [4.69, 9.17) is 4.74 Å². The van der Waals surface area contributed by atoms with Crippen LogP contribution in [0.5, 0.6) is 0 Å². The average Bonchev–Trinajstić information content (AvgIpc) is 2.59. The van der Waals surface area contributed by atoms with E-state index in [2.05, 4.69) is 31.9 Å². The third kappa shape index (κ3) is 5.45. The van der Waals surface area contributed by atoms with Gasteiger partial charge in [-0.05, 0) is 31.0 Å². The van der Waals surface area contributed by atoms with Gasteiger partial charge in [-0.15, -0.1) is 0 Å². The van der Waals surface area contributed by atoms with Crippen molar-refractivity contribution in [3.63, 3.8) is 0 Å². The molecular weight excluding hydrogens is 296 g/mol. The molecule has 1 aromatic rings. The summed E-state index contributed by atoms with van der Waals surface area (Å²) in [7, 11) is 0. The molecule has 1 aliphatic heterocycles. The second kappa shape index (κ2) is 6.57. The molecule has 72 valence electrons. The van der Waals surface area contributed by atoms with E-state index in [1.54, 1.807) is 0 Å². The van der Waals surface area contributed by atoms with Gasteiger partial charge in [0.2, 0.25) is 0 Å². The predicted molar refractivity (Wildman–Crippen MR) is 61.9 cm³/mol. The summed E-state index contributed by atoms with van der Waals surface area (Å²) >= 11 is 6.66. The van der Waals surface area contributed by atoms with E-state index in [1.165, 1.54) is 12.8 Å². The highest BCUT2D eigenvalue weighted by Gasteiger charge is 1.94. The highest BCUT2D eigenvalue weighted by Crippen LogP contribution is 2.15. The Morgan fingerprint density at radius 3 is 1.77 bits per heavy atom. The van der Waals surface area contributed by atoms with Crippen molar-refractivity contribution >= 4 is 31.9 Å². The van der Waals surface area contributed by atoms with E-state index >= 15 is 0 Å². The Labute approximate surface area is 95.7 Å². The maximum absolute atomic E-state index is 4.94. The molecule has 0 bridgehead atoms. The molecule has 1 fully saturated rings. The monoisotopic (exact) mass is 306 g/mol. The molecule has 0 N–H and O–H groups in total. The van der Waals surface area contributed by atoms with Crippen LogP contribution in [0, 0.1) is 0 Å². The Hall–Kier alpha value is 0.140. The first-order chi connectivity index (χ1) is 6.29. The van der Waals surface area contributed by atoms with E-state index in [-0.39, 0.29) is 0 Å². The van der Waals surface area contributed by atoms with Gasteiger partial charge in [-0.2, -0.15) is 0 Å². The molecule has 1 aromatic carbocycles. The van der Waals surface area contributed by atoms with Gasteiger partial charge >= 0.3 is 0 Å². The molecule has 0 saturated carbocycles. The van der Waals surface area contributed by atoms with Gasteiger partial charge in [0.15, 0.2) is 0 Å². The molecule has 0 atom stereocenters. The van der Waals surface area contributed by atoms with E-state index in [9.17, 15) is 0 Å². The molecule has 13 heavy (non-hydrogen) atoms. The van der Waals surface area contributed by atoms with Gasteiger partial charge in [-0.25, -0.2) is 0 Å². The van der Waals surface area contributed by atoms with Crippen LogP contribution in [0.2, 0.25) is 0 Å². The van der Waals surface area contributed by atoms with Gasteiger partial charge in [-0.1, -0.05) is 37.9 Å². The van der Waals surface area contributed by atoms with Crippen LogP contribution in [-0.2, 0) is 4.74 Å². The van der Waals surface area contributed by atoms with Crippen LogP contribution < -0.4 is 0 Å². The van der Waals surface area contributed by atoms with Crippen LogP contribution >= 0.6 is 31.9 Å². The van der Waals surface area contributed by atoms with Crippen molar-refractivity contribution in [1.82, 2.24) is 0 Å². The molecular formula is C10H12Br2O. The normalized spacial score (nSPS) is 14.9. The van der Waals surface area contributed by atoms with Crippen LogP contribution in [0.15, 0.2) is 33.2 Å². The van der Waals surface area contributed by atoms with Crippen LogP contribution in [-0.4, -0.2) is 13.2 Å². The largest absolute Gasteiger partial charge is 0.381 e. The zero-order chi connectivity index (χ0) is 9.52. The third-order valence-corrected chi connectivity index (χ3v) is 2.60. The molecule has 0 amide bonds. The zero-order valence-corrected chi connectivity index (χ0v) is 10.5. The van der Waals surface area contributed by atoms with Crippen molar-refractivity contribution in [3.05, 3.63) is 33.2 Å². The van der Waals surface area contributed by atoms with E-state index in [1.807, 2.05) is 24.3 Å². The van der Waals surface area contributed by atoms with Crippen molar-refractivity contribution in [2.45, 2.75) is 12.8 Å². The molecule has 0 spiro atoms. The fourth-order valence-corrected chi connectivity index (χ4v) is 2.08. The number of rotatable bonds is 0. The zero-order valence-electron chi connectivity index (χ0n) is 7.30. The Balaban J connectivity index is 0.000000145. The van der Waals surface area contributed by atoms with Crippen molar-refractivity contribution in [2.24, 2.45) is 0 Å². The van der Waals surface area contributed by atoms with Crippen LogP contribution in [0.1, 0.15) is 12.8 Å². The topological polar surface area (TPSA) is 9.23 Å². The van der Waals surface area contributed by atoms with E-state index in [0.29, 0.717) is 0 Å². The molecule has 2 rings (SSSR count). The Morgan fingerprint density at radius 2 is 1.54 bits per heavy atom. The van der Waals surface area contributed by atoms with Gasteiger partial charge in [0, 0.05) is 22.2 Å². The van der Waals surface area contributed by atoms with Crippen LogP contribution in [0.25, 0.3) is 0 Å². The lowest BCUT2D eigenvalue weighted by Gasteiger charge is -1.87. The summed E-state index contributed by atoms with van der Waals surface area (Å²) in [6.45, 7) is 2.00. The predicted octanol–water partition coefficient (Wildman–Crippen LogP) is 4.01. The minimum Gasteiger partial charge on any atom is -0.381 e. The first kappa shape index (κ1) is 11.2. The van der Waals surface area contributed by atoms with Gasteiger partial charge in [0.25, 0.3) is 0 Å². The number of ether oxygens (including phenoxy) is 1. The lowest BCUT2D eigenvalue weighted by atomic mass is 10.4. The molecule has 0 unspecified atom stereocenters. The fourth-order valence-electron chi connectivity index (χ4n) is 0.970. The van der Waals surface area contributed by atoms with Crippen molar-refractivity contribution < 1.29 is 4.74 Å². The molecule has 0 aromatic heterocycles. The summed E-state index contributed by atoms with van der Waals surface area (Å²) < 4.78 is 7.15. The standard InChI is InChI=1S/C6H4Br2.C4H8O/c7-5-2-1-3-6(8)4-5;1-2-4-5-3-1/h1-4H;1-4H2. The average molecular weight is 308 g/mol. The van der Waals surface area contributed by atoms with Crippen LogP contribution in [0.3, 0.4) is 0 Å². The molecule has 1 nitrogen and oxygen atoms in total. The van der Waals surface area contributed by atoms with Gasteiger partial charge in [0.05, 0.1) is 0 Å². The van der Waals surface area contributed by atoms with Gasteiger partial charge in [-0.3, -0.25) is 0 Å². The second-order valence-electron chi connectivity index (χ2n) is 2.76. The smallest absolute Gasteiger partial charge is 0.0466 e. The molecule has 1 heterocycles. The number of halogens is 2. The summed E-state index contributed by atoms with van der Waals surface area (Å²) in [4.78, 5) is 0. The minimum absolute atomic E-state index is 1.00. The molecule has 0 radical (unpaired) electrons. The maximum atomic E-state index is 4.94. The lowest BCUT2D eigenvalue weighted by Crippen LogP contribution is -1.74. The van der Waals surface area contributed by atoms with Crippen molar-refractivity contribution in [3.8, 4) is 0 Å². The minimum atomic E-state index is 1.00. The van der Waals surface area contributed by atoms with Crippen molar-refractivity contribution in [1.29, 1.82) is 0 Å². The number of hydrogen-bond acceptors (Lipinski definition) is 1. The first-order valence-corrected chi connectivity index (χ1v) is 5.86. The summed E-state index contributed by atoms with van der Waals surface area (Å²) in [6, 6.07) is 7.96. The maximum Gasteiger partial charge on any atom is 0.0466 e. The Morgan fingerprint density at radius 1 is 1.00 bits per heavy atom. The molecule has 3 heteroatoms.